The van der Waals surface area contributed by atoms with Crippen LogP contribution in [0.25, 0.3) is 0 Å². The molecule has 0 saturated carbocycles. The lowest BCUT2D eigenvalue weighted by Crippen LogP contribution is -2.41. The van der Waals surface area contributed by atoms with Crippen molar-refractivity contribution in [1.29, 1.82) is 0 Å². The first-order valence-electron chi connectivity index (χ1n) is 7.47. The lowest BCUT2D eigenvalue weighted by atomic mass is 10.1. The molecule has 1 unspecified atom stereocenters. The number of nitrogens with one attached hydrogen (secondary N) is 1. The molecule has 124 valence electrons. The van der Waals surface area contributed by atoms with Gasteiger partial charge >= 0.3 is 5.97 Å². The number of carbonyl (C=O) groups excluding carboxylic acids is 1. The summed E-state index contributed by atoms with van der Waals surface area (Å²) in [6, 6.07) is -0.967. The van der Waals surface area contributed by atoms with E-state index in [1.54, 1.807) is 0 Å². The highest BCUT2D eigenvalue weighted by Gasteiger charge is 2.23. The normalized spacial score (nSPS) is 12.4. The Hall–Kier alpha value is -1.89. The minimum absolute atomic E-state index is 0.221. The number of hydrogen-bond acceptors (Lipinski definition) is 4. The predicted molar refractivity (Wildman–Crippen MR) is 81.8 cm³/mol. The molecule has 1 amide bonds. The smallest absolute Gasteiger partial charge is 0.326 e. The van der Waals surface area contributed by atoms with Gasteiger partial charge in [-0.05, 0) is 12.3 Å². The van der Waals surface area contributed by atoms with Gasteiger partial charge in [0.25, 0.3) is 5.91 Å². The summed E-state index contributed by atoms with van der Waals surface area (Å²) in [5.41, 5.74) is 1.26. The number of amides is 1. The predicted octanol–water partition coefficient (Wildman–Crippen LogP) is 1.32. The highest BCUT2D eigenvalue weighted by molar-refractivity contribution is 5.97. The molecule has 1 aromatic heterocycles. The van der Waals surface area contributed by atoms with Gasteiger partial charge in [0.2, 0.25) is 0 Å². The number of aliphatic carboxylic acids is 1. The summed E-state index contributed by atoms with van der Waals surface area (Å²) >= 11 is 0. The molecule has 1 heterocycles. The number of rotatable bonds is 9. The molecule has 0 aliphatic carbocycles. The van der Waals surface area contributed by atoms with Gasteiger partial charge in [-0.25, -0.2) is 4.79 Å². The van der Waals surface area contributed by atoms with E-state index in [0.717, 1.165) is 12.2 Å². The number of carbonyl (C=O) groups is 2. The molecular formula is C15H25N3O4. The molecule has 7 heteroatoms. The lowest BCUT2D eigenvalue weighted by molar-refractivity contribution is -0.139. The highest BCUT2D eigenvalue weighted by Crippen LogP contribution is 2.12. The summed E-state index contributed by atoms with van der Waals surface area (Å²) in [7, 11) is 1.49. The van der Waals surface area contributed by atoms with Crippen LogP contribution < -0.4 is 5.32 Å². The average Bonchev–Trinajstić information content (AvgIpc) is 2.84. The number of carboxylic acid groups (broad SMARTS) is 1. The van der Waals surface area contributed by atoms with E-state index in [0.29, 0.717) is 17.9 Å². The van der Waals surface area contributed by atoms with Crippen LogP contribution in [-0.2, 0) is 22.5 Å². The first-order chi connectivity index (χ1) is 10.4. The van der Waals surface area contributed by atoms with Gasteiger partial charge in [-0.15, -0.1) is 0 Å². The highest BCUT2D eigenvalue weighted by atomic mass is 16.5. The Balaban J connectivity index is 2.87. The molecule has 0 radical (unpaired) electrons. The second-order valence-electron chi connectivity index (χ2n) is 5.58. The number of carboxylic acids is 1. The van der Waals surface area contributed by atoms with E-state index >= 15 is 0 Å². The minimum atomic E-state index is -1.07. The Kier molecular flexibility index (Phi) is 7.04. The molecular weight excluding hydrogens is 286 g/mol. The first kappa shape index (κ1) is 18.2. The SMILES string of the molecule is CCc1c(C(=O)NC(CCOC)C(=O)O)cnn1CC(C)C. The van der Waals surface area contributed by atoms with Gasteiger partial charge in [0.15, 0.2) is 0 Å². The quantitative estimate of drug-likeness (QED) is 0.717. The largest absolute Gasteiger partial charge is 0.480 e. The van der Waals surface area contributed by atoms with Crippen LogP contribution in [0.1, 0.15) is 43.2 Å². The molecule has 7 nitrogen and oxygen atoms in total. The first-order valence-corrected chi connectivity index (χ1v) is 7.47. The van der Waals surface area contributed by atoms with Crippen LogP contribution in [0.3, 0.4) is 0 Å². The van der Waals surface area contributed by atoms with E-state index in [9.17, 15) is 9.59 Å². The zero-order valence-electron chi connectivity index (χ0n) is 13.6. The fourth-order valence-electron chi connectivity index (χ4n) is 2.21. The molecule has 0 fully saturated rings. The van der Waals surface area contributed by atoms with Crippen LogP contribution in [-0.4, -0.2) is 46.5 Å². The van der Waals surface area contributed by atoms with Gasteiger partial charge in [0.05, 0.1) is 17.5 Å². The Labute approximate surface area is 130 Å². The van der Waals surface area contributed by atoms with Gasteiger partial charge in [-0.1, -0.05) is 20.8 Å². The Morgan fingerprint density at radius 1 is 1.45 bits per heavy atom. The Bertz CT molecular complexity index is 511. The molecule has 0 spiro atoms. The topological polar surface area (TPSA) is 93.4 Å². The summed E-state index contributed by atoms with van der Waals surface area (Å²) in [5.74, 6) is -1.07. The fourth-order valence-corrected chi connectivity index (χ4v) is 2.21. The zero-order valence-corrected chi connectivity index (χ0v) is 13.6. The third kappa shape index (κ3) is 4.84. The van der Waals surface area contributed by atoms with E-state index in [4.69, 9.17) is 9.84 Å². The van der Waals surface area contributed by atoms with Gasteiger partial charge in [-0.3, -0.25) is 9.48 Å². The number of methoxy groups -OCH3 is 1. The van der Waals surface area contributed by atoms with E-state index in [-0.39, 0.29) is 13.0 Å². The third-order valence-electron chi connectivity index (χ3n) is 3.28. The summed E-state index contributed by atoms with van der Waals surface area (Å²) < 4.78 is 6.68. The summed E-state index contributed by atoms with van der Waals surface area (Å²) in [5, 5.41) is 15.9. The van der Waals surface area contributed by atoms with Crippen molar-refractivity contribution in [2.45, 2.75) is 46.2 Å². The number of hydrogen-bond donors (Lipinski definition) is 2. The maximum Gasteiger partial charge on any atom is 0.326 e. The second-order valence-corrected chi connectivity index (χ2v) is 5.58. The van der Waals surface area contributed by atoms with Crippen molar-refractivity contribution < 1.29 is 19.4 Å². The third-order valence-corrected chi connectivity index (χ3v) is 3.28. The average molecular weight is 311 g/mol. The molecule has 1 aromatic rings. The summed E-state index contributed by atoms with van der Waals surface area (Å²) in [6.07, 6.45) is 2.39. The van der Waals surface area contributed by atoms with E-state index in [2.05, 4.69) is 24.3 Å². The molecule has 0 bridgehead atoms. The maximum absolute atomic E-state index is 12.3. The Morgan fingerprint density at radius 3 is 2.64 bits per heavy atom. The molecule has 0 aliphatic heterocycles. The van der Waals surface area contributed by atoms with Crippen LogP contribution in [0.5, 0.6) is 0 Å². The molecule has 1 rings (SSSR count). The monoisotopic (exact) mass is 311 g/mol. The van der Waals surface area contributed by atoms with Crippen molar-refractivity contribution in [1.82, 2.24) is 15.1 Å². The molecule has 0 aliphatic rings. The van der Waals surface area contributed by atoms with Crippen LogP contribution >= 0.6 is 0 Å². The standard InChI is InChI=1S/C15H25N3O4/c1-5-13-11(8-16-18(13)9-10(2)3)14(19)17-12(15(20)21)6-7-22-4/h8,10,12H,5-7,9H2,1-4H3,(H,17,19)(H,20,21). The van der Waals surface area contributed by atoms with Gasteiger partial charge < -0.3 is 15.2 Å². The van der Waals surface area contributed by atoms with E-state index in [1.165, 1.54) is 13.3 Å². The maximum atomic E-state index is 12.3. The molecule has 2 N–H and O–H groups in total. The summed E-state index contributed by atoms with van der Waals surface area (Å²) in [6.45, 7) is 7.09. The van der Waals surface area contributed by atoms with Crippen molar-refractivity contribution >= 4 is 11.9 Å². The van der Waals surface area contributed by atoms with Crippen molar-refractivity contribution in [2.24, 2.45) is 5.92 Å². The van der Waals surface area contributed by atoms with Crippen LogP contribution in [0, 0.1) is 5.92 Å². The molecule has 22 heavy (non-hydrogen) atoms. The second kappa shape index (κ2) is 8.53. The number of nitrogens with zero attached hydrogens (tertiary/aromatic N) is 2. The van der Waals surface area contributed by atoms with Gasteiger partial charge in [0.1, 0.15) is 6.04 Å². The van der Waals surface area contributed by atoms with Crippen molar-refractivity contribution in [2.75, 3.05) is 13.7 Å². The number of ether oxygens (including phenoxy) is 1. The van der Waals surface area contributed by atoms with Crippen molar-refractivity contribution in [3.8, 4) is 0 Å². The van der Waals surface area contributed by atoms with Crippen molar-refractivity contribution in [3.63, 3.8) is 0 Å². The van der Waals surface area contributed by atoms with Gasteiger partial charge in [-0.2, -0.15) is 5.10 Å². The van der Waals surface area contributed by atoms with Crippen LogP contribution in [0.2, 0.25) is 0 Å². The molecule has 1 atom stereocenters. The van der Waals surface area contributed by atoms with Gasteiger partial charge in [0, 0.05) is 26.7 Å². The van der Waals surface area contributed by atoms with Crippen LogP contribution in [0.15, 0.2) is 6.20 Å². The van der Waals surface area contributed by atoms with E-state index in [1.807, 2.05) is 11.6 Å². The Morgan fingerprint density at radius 2 is 2.14 bits per heavy atom. The molecule has 0 aromatic carbocycles. The zero-order chi connectivity index (χ0) is 16.7. The van der Waals surface area contributed by atoms with Crippen LogP contribution in [0.4, 0.5) is 0 Å². The van der Waals surface area contributed by atoms with E-state index < -0.39 is 17.9 Å². The van der Waals surface area contributed by atoms with Crippen molar-refractivity contribution in [3.05, 3.63) is 17.5 Å². The minimum Gasteiger partial charge on any atom is -0.480 e. The fraction of sp³-hybridized carbons (Fsp3) is 0.667. The molecule has 0 saturated heterocycles. The summed E-state index contributed by atoms with van der Waals surface area (Å²) in [4.78, 5) is 23.5. The lowest BCUT2D eigenvalue weighted by Gasteiger charge is -2.14. The number of aromatic nitrogens is 2.